The molecule has 1 rings (SSSR count). The monoisotopic (exact) mass is 271 g/mol. The Morgan fingerprint density at radius 2 is 1.74 bits per heavy atom. The summed E-state index contributed by atoms with van der Waals surface area (Å²) >= 11 is 0. The van der Waals surface area contributed by atoms with Gasteiger partial charge in [0.05, 0.1) is 5.56 Å². The van der Waals surface area contributed by atoms with Crippen molar-refractivity contribution in [3.8, 4) is 0 Å². The highest BCUT2D eigenvalue weighted by molar-refractivity contribution is 5.98. The second-order valence-corrected chi connectivity index (χ2v) is 4.20. The Kier molecular flexibility index (Phi) is 4.69. The minimum atomic E-state index is -4.34. The number of rotatable bonds is 3. The number of hydrogen-bond acceptors (Lipinski definition) is 2. The van der Waals surface area contributed by atoms with Gasteiger partial charge in [0.2, 0.25) is 0 Å². The molecule has 3 nitrogen and oxygen atoms in total. The van der Waals surface area contributed by atoms with Gasteiger partial charge in [0.15, 0.2) is 5.84 Å². The number of hydrazone groups is 1. The van der Waals surface area contributed by atoms with Crippen LogP contribution in [-0.4, -0.2) is 30.7 Å². The van der Waals surface area contributed by atoms with E-state index < -0.39 is 11.7 Å². The fraction of sp³-hybridized carbons (Fsp3) is 0.385. The van der Waals surface area contributed by atoms with Crippen molar-refractivity contribution < 1.29 is 13.2 Å². The predicted molar refractivity (Wildman–Crippen MR) is 70.4 cm³/mol. The van der Waals surface area contributed by atoms with Crippen LogP contribution in [-0.2, 0) is 6.18 Å². The fourth-order valence-electron chi connectivity index (χ4n) is 1.65. The zero-order chi connectivity index (χ0) is 14.6. The van der Waals surface area contributed by atoms with Gasteiger partial charge in [0, 0.05) is 25.4 Å². The van der Waals surface area contributed by atoms with Crippen LogP contribution in [0.4, 0.5) is 13.2 Å². The van der Waals surface area contributed by atoms with Crippen LogP contribution < -0.4 is 0 Å². The van der Waals surface area contributed by atoms with E-state index in [0.717, 1.165) is 12.1 Å². The summed E-state index contributed by atoms with van der Waals surface area (Å²) in [7, 11) is 1.56. The molecule has 0 fully saturated rings. The molecule has 0 amide bonds. The second kappa shape index (κ2) is 5.86. The van der Waals surface area contributed by atoms with E-state index in [0.29, 0.717) is 11.4 Å². The van der Waals surface area contributed by atoms with Gasteiger partial charge >= 0.3 is 6.18 Å². The van der Waals surface area contributed by atoms with Gasteiger partial charge < -0.3 is 0 Å². The predicted octanol–water partition coefficient (Wildman–Crippen LogP) is 3.41. The summed E-state index contributed by atoms with van der Waals surface area (Å²) in [5, 5.41) is 5.39. The van der Waals surface area contributed by atoms with E-state index in [1.165, 1.54) is 12.1 Å². The molecule has 0 aliphatic rings. The molecule has 0 bridgehead atoms. The number of nitrogens with zero attached hydrogens (tertiary/aromatic N) is 3. The molecule has 0 aliphatic heterocycles. The third-order valence-electron chi connectivity index (χ3n) is 2.54. The van der Waals surface area contributed by atoms with Crippen molar-refractivity contribution in [1.82, 2.24) is 5.01 Å². The third-order valence-corrected chi connectivity index (χ3v) is 2.54. The maximum absolute atomic E-state index is 12.5. The van der Waals surface area contributed by atoms with Crippen molar-refractivity contribution in [2.75, 3.05) is 7.05 Å². The quantitative estimate of drug-likeness (QED) is 0.470. The first-order valence-corrected chi connectivity index (χ1v) is 5.71. The van der Waals surface area contributed by atoms with Crippen molar-refractivity contribution in [3.63, 3.8) is 0 Å². The molecule has 0 aromatic heterocycles. The number of benzene rings is 1. The van der Waals surface area contributed by atoms with Gasteiger partial charge in [0.25, 0.3) is 0 Å². The molecule has 19 heavy (non-hydrogen) atoms. The number of alkyl halides is 3. The van der Waals surface area contributed by atoms with Gasteiger partial charge in [-0.25, -0.2) is 5.01 Å². The molecule has 0 aliphatic carbocycles. The highest BCUT2D eigenvalue weighted by atomic mass is 19.4. The molecular weight excluding hydrogens is 255 g/mol. The minimum Gasteiger partial charge on any atom is -0.270 e. The Labute approximate surface area is 110 Å². The summed E-state index contributed by atoms with van der Waals surface area (Å²) in [5.74, 6) is 0.485. The van der Waals surface area contributed by atoms with E-state index in [1.54, 1.807) is 12.1 Å². The van der Waals surface area contributed by atoms with Crippen LogP contribution in [0.15, 0.2) is 34.4 Å². The molecule has 0 saturated carbocycles. The summed E-state index contributed by atoms with van der Waals surface area (Å²) in [4.78, 5) is 4.07. The second-order valence-electron chi connectivity index (χ2n) is 4.20. The van der Waals surface area contributed by atoms with Crippen LogP contribution in [0.25, 0.3) is 0 Å². The van der Waals surface area contributed by atoms with Crippen LogP contribution in [0.5, 0.6) is 0 Å². The van der Waals surface area contributed by atoms with Crippen LogP contribution in [0.1, 0.15) is 25.0 Å². The van der Waals surface area contributed by atoms with Gasteiger partial charge in [-0.05, 0) is 26.0 Å². The minimum absolute atomic E-state index is 0.0125. The van der Waals surface area contributed by atoms with Crippen molar-refractivity contribution in [3.05, 3.63) is 35.4 Å². The molecular formula is C13H16F3N3. The highest BCUT2D eigenvalue weighted by Crippen LogP contribution is 2.29. The molecule has 0 heterocycles. The Hall–Kier alpha value is -1.85. The molecule has 6 heteroatoms. The van der Waals surface area contributed by atoms with Crippen molar-refractivity contribution in [1.29, 1.82) is 0 Å². The normalized spacial score (nSPS) is 12.7. The van der Waals surface area contributed by atoms with Crippen LogP contribution >= 0.6 is 0 Å². The SMILES string of the molecule is C=NN(C(=NC)c1ccc(C(F)(F)F)cc1)C(C)C. The topological polar surface area (TPSA) is 28.0 Å². The lowest BCUT2D eigenvalue weighted by Gasteiger charge is -2.24. The Balaban J connectivity index is 3.11. The lowest BCUT2D eigenvalue weighted by atomic mass is 10.1. The van der Waals surface area contributed by atoms with E-state index in [4.69, 9.17) is 0 Å². The first-order chi connectivity index (χ1) is 8.81. The van der Waals surface area contributed by atoms with Gasteiger partial charge in [-0.2, -0.15) is 18.3 Å². The number of halogens is 3. The summed E-state index contributed by atoms with van der Waals surface area (Å²) < 4.78 is 37.5. The largest absolute Gasteiger partial charge is 0.416 e. The number of hydrogen-bond donors (Lipinski definition) is 0. The van der Waals surface area contributed by atoms with Crippen LogP contribution in [0.2, 0.25) is 0 Å². The van der Waals surface area contributed by atoms with Crippen molar-refractivity contribution in [2.45, 2.75) is 26.1 Å². The summed E-state index contributed by atoms with van der Waals surface area (Å²) in [5.41, 5.74) is -0.119. The zero-order valence-electron chi connectivity index (χ0n) is 11.1. The van der Waals surface area contributed by atoms with E-state index in [9.17, 15) is 13.2 Å². The Morgan fingerprint density at radius 3 is 2.05 bits per heavy atom. The van der Waals surface area contributed by atoms with E-state index in [1.807, 2.05) is 13.8 Å². The van der Waals surface area contributed by atoms with Gasteiger partial charge in [-0.15, -0.1) is 0 Å². The summed E-state index contributed by atoms with van der Waals surface area (Å²) in [6, 6.07) is 4.83. The van der Waals surface area contributed by atoms with Crippen LogP contribution in [0, 0.1) is 0 Å². The van der Waals surface area contributed by atoms with E-state index in [-0.39, 0.29) is 6.04 Å². The van der Waals surface area contributed by atoms with Crippen LogP contribution in [0.3, 0.4) is 0 Å². The third kappa shape index (κ3) is 3.56. The fourth-order valence-corrected chi connectivity index (χ4v) is 1.65. The zero-order valence-corrected chi connectivity index (χ0v) is 11.1. The molecule has 0 N–H and O–H groups in total. The molecule has 0 spiro atoms. The smallest absolute Gasteiger partial charge is 0.270 e. The summed E-state index contributed by atoms with van der Waals surface area (Å²) in [6.07, 6.45) is -4.34. The average molecular weight is 271 g/mol. The van der Waals surface area contributed by atoms with Crippen molar-refractivity contribution in [2.24, 2.45) is 10.1 Å². The van der Waals surface area contributed by atoms with Gasteiger partial charge in [0.1, 0.15) is 0 Å². The maximum atomic E-state index is 12.5. The molecule has 1 aromatic rings. The standard InChI is InChI=1S/C13H16F3N3/c1-9(2)19(18-4)12(17-3)10-5-7-11(8-6-10)13(14,15)16/h5-9H,4H2,1-3H3. The average Bonchev–Trinajstić information content (AvgIpc) is 2.34. The Bertz CT molecular complexity index is 461. The number of amidine groups is 1. The first-order valence-electron chi connectivity index (χ1n) is 5.71. The van der Waals surface area contributed by atoms with E-state index >= 15 is 0 Å². The van der Waals surface area contributed by atoms with Crippen molar-refractivity contribution >= 4 is 12.6 Å². The molecule has 0 atom stereocenters. The molecule has 104 valence electrons. The van der Waals surface area contributed by atoms with Gasteiger partial charge in [-0.3, -0.25) is 4.99 Å². The lowest BCUT2D eigenvalue weighted by Crippen LogP contribution is -2.32. The molecule has 0 saturated heterocycles. The Morgan fingerprint density at radius 1 is 1.21 bits per heavy atom. The maximum Gasteiger partial charge on any atom is 0.416 e. The molecule has 0 unspecified atom stereocenters. The molecule has 0 radical (unpaired) electrons. The lowest BCUT2D eigenvalue weighted by molar-refractivity contribution is -0.137. The number of aliphatic imine (C=N–C) groups is 1. The molecule has 1 aromatic carbocycles. The summed E-state index contributed by atoms with van der Waals surface area (Å²) in [6.45, 7) is 7.23. The first kappa shape index (κ1) is 15.2. The van der Waals surface area contributed by atoms with E-state index in [2.05, 4.69) is 16.8 Å². The highest BCUT2D eigenvalue weighted by Gasteiger charge is 2.30. The van der Waals surface area contributed by atoms with Gasteiger partial charge in [-0.1, -0.05) is 12.1 Å².